The van der Waals surface area contributed by atoms with Gasteiger partial charge in [-0.2, -0.15) is 0 Å². The van der Waals surface area contributed by atoms with Gasteiger partial charge in [0.1, 0.15) is 11.6 Å². The average Bonchev–Trinajstić information content (AvgIpc) is 2.92. The molecule has 1 heterocycles. The first-order valence-corrected chi connectivity index (χ1v) is 9.06. The van der Waals surface area contributed by atoms with E-state index < -0.39 is 21.6 Å². The summed E-state index contributed by atoms with van der Waals surface area (Å²) >= 11 is 0. The van der Waals surface area contributed by atoms with Gasteiger partial charge in [0.25, 0.3) is 0 Å². The molecular weight excluding hydrogens is 334 g/mol. The van der Waals surface area contributed by atoms with Crippen molar-refractivity contribution >= 4 is 20.9 Å². The first-order chi connectivity index (χ1) is 11.4. The molecule has 0 atom stereocenters. The highest BCUT2D eigenvalue weighted by atomic mass is 32.2. The topological polar surface area (TPSA) is 62.0 Å². The largest absolute Gasteiger partial charge is 0.361 e. The van der Waals surface area contributed by atoms with Crippen molar-refractivity contribution in [1.82, 2.24) is 9.71 Å². The lowest BCUT2D eigenvalue weighted by Gasteiger charge is -2.07. The number of hydrogen-bond acceptors (Lipinski definition) is 2. The molecule has 0 unspecified atom stereocenters. The van der Waals surface area contributed by atoms with Crippen LogP contribution in [0.25, 0.3) is 10.9 Å². The number of halogens is 2. The molecule has 0 bridgehead atoms. The number of H-pyrrole nitrogens is 1. The number of sulfonamides is 1. The van der Waals surface area contributed by atoms with Gasteiger partial charge in [-0.25, -0.2) is 21.9 Å². The molecule has 3 rings (SSSR count). The molecule has 0 aliphatic carbocycles. The number of nitrogens with one attached hydrogen (secondary N) is 2. The van der Waals surface area contributed by atoms with Crippen molar-refractivity contribution in [2.24, 2.45) is 0 Å². The Kier molecular flexibility index (Phi) is 4.64. The van der Waals surface area contributed by atoms with Gasteiger partial charge in [0, 0.05) is 29.2 Å². The number of hydrogen-bond donors (Lipinski definition) is 2. The molecule has 0 amide bonds. The van der Waals surface area contributed by atoms with Crippen LogP contribution in [0, 0.1) is 11.6 Å². The van der Waals surface area contributed by atoms with Gasteiger partial charge in [0.15, 0.2) is 0 Å². The molecule has 0 aliphatic rings. The maximum Gasteiger partial charge on any atom is 0.215 e. The summed E-state index contributed by atoms with van der Waals surface area (Å²) in [7, 11) is -3.65. The lowest BCUT2D eigenvalue weighted by Crippen LogP contribution is -2.27. The van der Waals surface area contributed by atoms with Crippen LogP contribution in [0.4, 0.5) is 8.78 Å². The average molecular weight is 350 g/mol. The molecule has 0 saturated heterocycles. The van der Waals surface area contributed by atoms with Gasteiger partial charge >= 0.3 is 0 Å². The summed E-state index contributed by atoms with van der Waals surface area (Å²) in [6, 6.07) is 10.2. The van der Waals surface area contributed by atoms with Crippen molar-refractivity contribution in [3.05, 3.63) is 71.4 Å². The van der Waals surface area contributed by atoms with Crippen molar-refractivity contribution in [2.45, 2.75) is 12.2 Å². The van der Waals surface area contributed by atoms with Crippen molar-refractivity contribution in [3.8, 4) is 0 Å². The maximum atomic E-state index is 13.5. The summed E-state index contributed by atoms with van der Waals surface area (Å²) in [6.45, 7) is 0.153. The molecule has 2 N–H and O–H groups in total. The zero-order valence-electron chi connectivity index (χ0n) is 12.7. The minimum atomic E-state index is -3.65. The third-order valence-electron chi connectivity index (χ3n) is 3.75. The summed E-state index contributed by atoms with van der Waals surface area (Å²) in [6.07, 6.45) is 2.13. The molecule has 3 aromatic rings. The number of aromatic nitrogens is 1. The Balaban J connectivity index is 1.64. The third kappa shape index (κ3) is 3.80. The second kappa shape index (κ2) is 6.70. The second-order valence-electron chi connectivity index (χ2n) is 5.50. The third-order valence-corrected chi connectivity index (χ3v) is 5.08. The lowest BCUT2D eigenvalue weighted by molar-refractivity contribution is 0.574. The first kappa shape index (κ1) is 16.6. The van der Waals surface area contributed by atoms with E-state index in [1.807, 2.05) is 0 Å². The van der Waals surface area contributed by atoms with Gasteiger partial charge in [-0.1, -0.05) is 18.2 Å². The summed E-state index contributed by atoms with van der Waals surface area (Å²) in [5, 5.41) is 0.725. The van der Waals surface area contributed by atoms with Gasteiger partial charge in [0.05, 0.1) is 5.75 Å². The van der Waals surface area contributed by atoms with E-state index >= 15 is 0 Å². The molecule has 4 nitrogen and oxygen atoms in total. The molecule has 2 aromatic carbocycles. The minimum absolute atomic E-state index is 0.124. The van der Waals surface area contributed by atoms with Crippen LogP contribution in [0.3, 0.4) is 0 Å². The van der Waals surface area contributed by atoms with E-state index in [9.17, 15) is 17.2 Å². The minimum Gasteiger partial charge on any atom is -0.361 e. The van der Waals surface area contributed by atoms with E-state index in [-0.39, 0.29) is 17.9 Å². The van der Waals surface area contributed by atoms with Crippen LogP contribution in [-0.4, -0.2) is 19.9 Å². The van der Waals surface area contributed by atoms with Gasteiger partial charge in [0.2, 0.25) is 10.0 Å². The van der Waals surface area contributed by atoms with Gasteiger partial charge in [-0.15, -0.1) is 0 Å². The molecule has 126 valence electrons. The van der Waals surface area contributed by atoms with Crippen LogP contribution in [0.15, 0.2) is 48.7 Å². The highest BCUT2D eigenvalue weighted by Crippen LogP contribution is 2.19. The molecule has 24 heavy (non-hydrogen) atoms. The van der Waals surface area contributed by atoms with E-state index in [1.165, 1.54) is 30.3 Å². The van der Waals surface area contributed by atoms with Crippen LogP contribution < -0.4 is 4.72 Å². The Bertz CT molecular complexity index is 968. The fraction of sp³-hybridized carbons (Fsp3) is 0.176. The fourth-order valence-corrected chi connectivity index (χ4v) is 3.73. The number of rotatable bonds is 6. The number of aromatic amines is 1. The molecular formula is C17H16F2N2O2S. The SMILES string of the molecule is O=S(=O)(Cc1ccccc1F)NCCc1c[nH]c2ccc(F)cc12. The maximum absolute atomic E-state index is 13.5. The summed E-state index contributed by atoms with van der Waals surface area (Å²) in [4.78, 5) is 3.02. The number of benzene rings is 2. The zero-order valence-corrected chi connectivity index (χ0v) is 13.5. The monoisotopic (exact) mass is 350 g/mol. The molecule has 0 fully saturated rings. The summed E-state index contributed by atoms with van der Waals surface area (Å²) in [5.74, 6) is -1.30. The summed E-state index contributed by atoms with van der Waals surface area (Å²) in [5.41, 5.74) is 1.73. The molecule has 7 heteroatoms. The second-order valence-corrected chi connectivity index (χ2v) is 7.31. The molecule has 0 saturated carbocycles. The van der Waals surface area contributed by atoms with Crippen molar-refractivity contribution in [1.29, 1.82) is 0 Å². The Hall–Kier alpha value is -2.25. The van der Waals surface area contributed by atoms with E-state index in [1.54, 1.807) is 18.3 Å². The Morgan fingerprint density at radius 1 is 1.04 bits per heavy atom. The quantitative estimate of drug-likeness (QED) is 0.718. The molecule has 0 spiro atoms. The summed E-state index contributed by atoms with van der Waals surface area (Å²) < 4.78 is 53.4. The predicted octanol–water partition coefficient (Wildman–Crippen LogP) is 3.11. The molecule has 0 radical (unpaired) electrons. The van der Waals surface area contributed by atoms with Crippen LogP contribution in [-0.2, 0) is 22.2 Å². The Morgan fingerprint density at radius 3 is 2.62 bits per heavy atom. The lowest BCUT2D eigenvalue weighted by atomic mass is 10.1. The Morgan fingerprint density at radius 2 is 1.83 bits per heavy atom. The fourth-order valence-electron chi connectivity index (χ4n) is 2.57. The first-order valence-electron chi connectivity index (χ1n) is 7.41. The zero-order chi connectivity index (χ0) is 17.2. The van der Waals surface area contributed by atoms with Crippen LogP contribution in [0.1, 0.15) is 11.1 Å². The normalized spacial score (nSPS) is 11.9. The van der Waals surface area contributed by atoms with E-state index in [4.69, 9.17) is 0 Å². The predicted molar refractivity (Wildman–Crippen MR) is 89.0 cm³/mol. The van der Waals surface area contributed by atoms with Crippen LogP contribution >= 0.6 is 0 Å². The standard InChI is InChI=1S/C17H16F2N2O2S/c18-14-5-6-17-15(9-14)12(10-20-17)7-8-21-24(22,23)11-13-3-1-2-4-16(13)19/h1-6,9-10,20-21H,7-8,11H2. The van der Waals surface area contributed by atoms with Gasteiger partial charge in [-0.3, -0.25) is 0 Å². The van der Waals surface area contributed by atoms with Gasteiger partial charge < -0.3 is 4.98 Å². The van der Waals surface area contributed by atoms with Crippen molar-refractivity contribution < 1.29 is 17.2 Å². The Labute approximate surface area is 138 Å². The smallest absolute Gasteiger partial charge is 0.215 e. The number of fused-ring (bicyclic) bond motifs is 1. The van der Waals surface area contributed by atoms with Crippen LogP contribution in [0.5, 0.6) is 0 Å². The van der Waals surface area contributed by atoms with Gasteiger partial charge in [-0.05, 0) is 36.2 Å². The van der Waals surface area contributed by atoms with E-state index in [0.29, 0.717) is 6.42 Å². The highest BCUT2D eigenvalue weighted by molar-refractivity contribution is 7.88. The molecule has 1 aromatic heterocycles. The van der Waals surface area contributed by atoms with Crippen molar-refractivity contribution in [2.75, 3.05) is 6.54 Å². The van der Waals surface area contributed by atoms with Crippen molar-refractivity contribution in [3.63, 3.8) is 0 Å². The highest BCUT2D eigenvalue weighted by Gasteiger charge is 2.14. The van der Waals surface area contributed by atoms with E-state index in [0.717, 1.165) is 16.5 Å². The van der Waals surface area contributed by atoms with Crippen LogP contribution in [0.2, 0.25) is 0 Å². The molecule has 0 aliphatic heterocycles. The van der Waals surface area contributed by atoms with E-state index in [2.05, 4.69) is 9.71 Å².